The second-order valence-corrected chi connectivity index (χ2v) is 8.53. The number of nitrogens with zero attached hydrogens (tertiary/aromatic N) is 2. The molecule has 0 spiro atoms. The average molecular weight is 441 g/mol. The number of amides is 3. The second kappa shape index (κ2) is 9.50. The smallest absolute Gasteiger partial charge is 0.321 e. The largest absolute Gasteiger partial charge is 0.453 e. The maximum absolute atomic E-state index is 12.9. The summed E-state index contributed by atoms with van der Waals surface area (Å²) < 4.78 is 6.87. The highest BCUT2D eigenvalue weighted by atomic mass is 16.5. The van der Waals surface area contributed by atoms with Gasteiger partial charge >= 0.3 is 12.0 Å². The molecule has 1 aromatic carbocycles. The third kappa shape index (κ3) is 5.15. The van der Waals surface area contributed by atoms with Gasteiger partial charge in [0.25, 0.3) is 11.5 Å². The Hall–Kier alpha value is -3.23. The van der Waals surface area contributed by atoms with Crippen molar-refractivity contribution >= 4 is 28.8 Å². The summed E-state index contributed by atoms with van der Waals surface area (Å²) in [7, 11) is 0. The third-order valence-corrected chi connectivity index (χ3v) is 5.95. The SMILES string of the molecule is CC(OC(=O)CCc1nc2ccccc2c(=O)n1C1CC1)C(=O)NC(=O)NC1CCCC1. The maximum atomic E-state index is 12.9. The Morgan fingerprint density at radius 1 is 1.16 bits per heavy atom. The van der Waals surface area contributed by atoms with Gasteiger partial charge in [-0.25, -0.2) is 9.78 Å². The maximum Gasteiger partial charge on any atom is 0.321 e. The fourth-order valence-corrected chi connectivity index (χ4v) is 4.11. The van der Waals surface area contributed by atoms with Gasteiger partial charge in [-0.15, -0.1) is 0 Å². The predicted octanol–water partition coefficient (Wildman–Crippen LogP) is 2.36. The van der Waals surface area contributed by atoms with Gasteiger partial charge < -0.3 is 10.1 Å². The number of hydrogen-bond acceptors (Lipinski definition) is 6. The quantitative estimate of drug-likeness (QED) is 0.638. The van der Waals surface area contributed by atoms with Crippen molar-refractivity contribution in [1.29, 1.82) is 0 Å². The van der Waals surface area contributed by atoms with Crippen LogP contribution < -0.4 is 16.2 Å². The lowest BCUT2D eigenvalue weighted by molar-refractivity contribution is -0.154. The standard InChI is InChI=1S/C23H28N4O5/c1-14(21(29)26-23(31)24-15-6-2-3-7-15)32-20(28)13-12-19-25-18-9-5-4-8-17(18)22(30)27(19)16-10-11-16/h4-5,8-9,14-16H,2-3,6-7,10-13H2,1H3,(H2,24,26,29,31). The minimum atomic E-state index is -1.10. The summed E-state index contributed by atoms with van der Waals surface area (Å²) >= 11 is 0. The molecule has 2 N–H and O–H groups in total. The van der Waals surface area contributed by atoms with Gasteiger partial charge in [0.05, 0.1) is 17.3 Å². The second-order valence-electron chi connectivity index (χ2n) is 8.53. The number of esters is 1. The number of urea groups is 1. The van der Waals surface area contributed by atoms with Gasteiger partial charge in [0, 0.05) is 18.5 Å². The Morgan fingerprint density at radius 3 is 2.59 bits per heavy atom. The molecular weight excluding hydrogens is 412 g/mol. The number of aryl methyl sites for hydroxylation is 1. The number of para-hydroxylation sites is 1. The number of imide groups is 1. The van der Waals surface area contributed by atoms with Crippen LogP contribution in [-0.4, -0.2) is 39.6 Å². The molecule has 1 atom stereocenters. The fourth-order valence-electron chi connectivity index (χ4n) is 4.11. The molecule has 1 heterocycles. The van der Waals surface area contributed by atoms with Gasteiger partial charge in [-0.3, -0.25) is 24.3 Å². The number of benzene rings is 1. The summed E-state index contributed by atoms with van der Waals surface area (Å²) in [6.07, 6.45) is 4.86. The molecule has 2 fully saturated rings. The average Bonchev–Trinajstić information content (AvgIpc) is 3.47. The van der Waals surface area contributed by atoms with Gasteiger partial charge in [0.2, 0.25) is 0 Å². The van der Waals surface area contributed by atoms with Gasteiger partial charge in [-0.2, -0.15) is 0 Å². The van der Waals surface area contributed by atoms with E-state index in [9.17, 15) is 19.2 Å². The molecule has 2 aliphatic rings. The molecule has 2 aromatic rings. The summed E-state index contributed by atoms with van der Waals surface area (Å²) in [4.78, 5) is 53.9. The molecule has 1 unspecified atom stereocenters. The molecule has 0 saturated heterocycles. The summed E-state index contributed by atoms with van der Waals surface area (Å²) in [6, 6.07) is 6.78. The van der Waals surface area contributed by atoms with Gasteiger partial charge in [-0.1, -0.05) is 25.0 Å². The van der Waals surface area contributed by atoms with Crippen LogP contribution in [0.2, 0.25) is 0 Å². The van der Waals surface area contributed by atoms with Crippen LogP contribution in [0.25, 0.3) is 10.9 Å². The molecule has 9 heteroatoms. The lowest BCUT2D eigenvalue weighted by Crippen LogP contribution is -2.47. The van der Waals surface area contributed by atoms with E-state index in [0.717, 1.165) is 38.5 Å². The Bertz CT molecular complexity index is 1090. The molecule has 9 nitrogen and oxygen atoms in total. The number of carbonyl (C=O) groups excluding carboxylic acids is 3. The van der Waals surface area contributed by atoms with E-state index in [1.54, 1.807) is 22.8 Å². The van der Waals surface area contributed by atoms with Crippen molar-refractivity contribution in [3.63, 3.8) is 0 Å². The molecular formula is C23H28N4O5. The van der Waals surface area contributed by atoms with E-state index in [4.69, 9.17) is 4.74 Å². The van der Waals surface area contributed by atoms with Crippen molar-refractivity contribution in [2.75, 3.05) is 0 Å². The summed E-state index contributed by atoms with van der Waals surface area (Å²) in [5.74, 6) is -0.720. The van der Waals surface area contributed by atoms with Crippen LogP contribution in [0.4, 0.5) is 4.79 Å². The Balaban J connectivity index is 1.33. The zero-order valence-corrected chi connectivity index (χ0v) is 18.1. The molecule has 2 saturated carbocycles. The van der Waals surface area contributed by atoms with Crippen LogP contribution in [0, 0.1) is 0 Å². The predicted molar refractivity (Wildman–Crippen MR) is 117 cm³/mol. The number of aromatic nitrogens is 2. The molecule has 0 aliphatic heterocycles. The first-order valence-corrected chi connectivity index (χ1v) is 11.2. The van der Waals surface area contributed by atoms with Gasteiger partial charge in [0.1, 0.15) is 5.82 Å². The first-order valence-electron chi connectivity index (χ1n) is 11.2. The highest BCUT2D eigenvalue weighted by molar-refractivity contribution is 5.97. The molecule has 1 aromatic heterocycles. The topological polar surface area (TPSA) is 119 Å². The van der Waals surface area contributed by atoms with Crippen LogP contribution in [0.15, 0.2) is 29.1 Å². The molecule has 0 bridgehead atoms. The van der Waals surface area contributed by atoms with E-state index >= 15 is 0 Å². The van der Waals surface area contributed by atoms with Crippen molar-refractivity contribution < 1.29 is 19.1 Å². The van der Waals surface area contributed by atoms with Crippen LogP contribution >= 0.6 is 0 Å². The van der Waals surface area contributed by atoms with Crippen molar-refractivity contribution in [3.05, 3.63) is 40.4 Å². The highest BCUT2D eigenvalue weighted by Crippen LogP contribution is 2.34. The summed E-state index contributed by atoms with van der Waals surface area (Å²) in [5.41, 5.74) is 0.501. The van der Waals surface area contributed by atoms with E-state index in [2.05, 4.69) is 15.6 Å². The number of carbonyl (C=O) groups is 3. The molecule has 32 heavy (non-hydrogen) atoms. The summed E-state index contributed by atoms with van der Waals surface area (Å²) in [5, 5.41) is 5.54. The molecule has 170 valence electrons. The first kappa shape index (κ1) is 22.0. The lowest BCUT2D eigenvalue weighted by Gasteiger charge is -2.16. The van der Waals surface area contributed by atoms with Gasteiger partial charge in [-0.05, 0) is 44.7 Å². The van der Waals surface area contributed by atoms with Crippen molar-refractivity contribution in [2.45, 2.75) is 76.5 Å². The van der Waals surface area contributed by atoms with Crippen LogP contribution in [-0.2, 0) is 20.7 Å². The minimum absolute atomic E-state index is 0.0244. The Kier molecular flexibility index (Phi) is 6.53. The third-order valence-electron chi connectivity index (χ3n) is 5.95. The lowest BCUT2D eigenvalue weighted by atomic mass is 10.2. The van der Waals surface area contributed by atoms with Crippen molar-refractivity contribution in [1.82, 2.24) is 20.2 Å². The number of hydrogen-bond donors (Lipinski definition) is 2. The van der Waals surface area contributed by atoms with E-state index in [-0.39, 0.29) is 30.5 Å². The molecule has 4 rings (SSSR count). The van der Waals surface area contributed by atoms with Crippen LogP contribution in [0.1, 0.15) is 63.7 Å². The van der Waals surface area contributed by atoms with Gasteiger partial charge in [0.15, 0.2) is 6.10 Å². The monoisotopic (exact) mass is 440 g/mol. The summed E-state index contributed by atoms with van der Waals surface area (Å²) in [6.45, 7) is 1.42. The number of ether oxygens (including phenoxy) is 1. The van der Waals surface area contributed by atoms with Crippen molar-refractivity contribution in [2.24, 2.45) is 0 Å². The zero-order chi connectivity index (χ0) is 22.7. The number of rotatable bonds is 7. The minimum Gasteiger partial charge on any atom is -0.453 e. The Labute approximate surface area is 185 Å². The highest BCUT2D eigenvalue weighted by Gasteiger charge is 2.29. The van der Waals surface area contributed by atoms with E-state index in [1.165, 1.54) is 6.92 Å². The van der Waals surface area contributed by atoms with Crippen LogP contribution in [0.3, 0.4) is 0 Å². The Morgan fingerprint density at radius 2 is 1.88 bits per heavy atom. The number of nitrogens with one attached hydrogen (secondary N) is 2. The molecule has 3 amide bonds. The van der Waals surface area contributed by atoms with Crippen molar-refractivity contribution in [3.8, 4) is 0 Å². The normalized spacial score (nSPS) is 17.2. The van der Waals surface area contributed by atoms with E-state index in [0.29, 0.717) is 16.7 Å². The molecule has 0 radical (unpaired) electrons. The number of fused-ring (bicyclic) bond motifs is 1. The van der Waals surface area contributed by atoms with Crippen LogP contribution in [0.5, 0.6) is 0 Å². The van der Waals surface area contributed by atoms with E-state index < -0.39 is 24.0 Å². The van der Waals surface area contributed by atoms with E-state index in [1.807, 2.05) is 6.07 Å². The first-order chi connectivity index (χ1) is 15.4. The zero-order valence-electron chi connectivity index (χ0n) is 18.1. The molecule has 2 aliphatic carbocycles. The fraction of sp³-hybridized carbons (Fsp3) is 0.522.